The fraction of sp³-hybridized carbons (Fsp3) is 0.250. The number of hydrogen-bond acceptors (Lipinski definition) is 5. The van der Waals surface area contributed by atoms with E-state index in [1.807, 2.05) is 0 Å². The Hall–Kier alpha value is -3.93. The van der Waals surface area contributed by atoms with Gasteiger partial charge in [0.1, 0.15) is 17.8 Å². The molecule has 0 atom stereocenters. The number of nitrogens with zero attached hydrogens (tertiary/aromatic N) is 5. The van der Waals surface area contributed by atoms with Crippen molar-refractivity contribution in [1.82, 2.24) is 0 Å². The first-order chi connectivity index (χ1) is 14.8. The Kier molecular flexibility index (Phi) is 6.89. The lowest BCUT2D eigenvalue weighted by atomic mass is 10.1. The van der Waals surface area contributed by atoms with Crippen LogP contribution in [-0.4, -0.2) is 5.91 Å². The van der Waals surface area contributed by atoms with Crippen molar-refractivity contribution in [2.75, 3.05) is 5.01 Å². The average Bonchev–Trinajstić information content (AvgIpc) is 2.71. The molecule has 0 radical (unpaired) electrons. The number of hydrogen-bond donors (Lipinski definition) is 0. The molecule has 0 aliphatic carbocycles. The van der Waals surface area contributed by atoms with Gasteiger partial charge in [-0.2, -0.15) is 41.9 Å². The minimum absolute atomic E-state index is 0.316. The van der Waals surface area contributed by atoms with Crippen LogP contribution in [0, 0.1) is 28.6 Å². The van der Waals surface area contributed by atoms with Gasteiger partial charge in [0.25, 0.3) is 5.91 Å². The Labute approximate surface area is 178 Å². The van der Waals surface area contributed by atoms with Crippen LogP contribution in [0.2, 0.25) is 0 Å². The molecule has 2 aromatic carbocycles. The predicted molar refractivity (Wildman–Crippen MR) is 99.2 cm³/mol. The monoisotopic (exact) mass is 453 g/mol. The molecule has 0 aromatic heterocycles. The van der Waals surface area contributed by atoms with Crippen molar-refractivity contribution in [3.63, 3.8) is 0 Å². The number of nitriles is 2. The largest absolute Gasteiger partial charge is 0.416 e. The summed E-state index contributed by atoms with van der Waals surface area (Å²) in [5.74, 6) is -1.71. The van der Waals surface area contributed by atoms with E-state index in [1.165, 1.54) is 13.8 Å². The van der Waals surface area contributed by atoms with Crippen molar-refractivity contribution in [3.8, 4) is 12.1 Å². The lowest BCUT2D eigenvalue weighted by Crippen LogP contribution is -2.30. The summed E-state index contributed by atoms with van der Waals surface area (Å²) >= 11 is 0. The molecule has 0 aliphatic rings. The predicted octanol–water partition coefficient (Wildman–Crippen LogP) is 6.16. The van der Waals surface area contributed by atoms with Crippen LogP contribution in [0.5, 0.6) is 0 Å². The highest BCUT2D eigenvalue weighted by Crippen LogP contribution is 2.36. The Morgan fingerprint density at radius 3 is 1.88 bits per heavy atom. The average molecular weight is 453 g/mol. The molecule has 0 fully saturated rings. The van der Waals surface area contributed by atoms with E-state index in [-0.39, 0.29) is 11.1 Å². The minimum Gasteiger partial charge on any atom is -0.272 e. The van der Waals surface area contributed by atoms with E-state index >= 15 is 0 Å². The second-order valence-electron chi connectivity index (χ2n) is 6.68. The van der Waals surface area contributed by atoms with Crippen LogP contribution in [0.4, 0.5) is 37.7 Å². The number of carbonyl (C=O) groups is 1. The highest BCUT2D eigenvalue weighted by atomic mass is 19.4. The molecule has 0 saturated heterocycles. The number of anilines is 1. The highest BCUT2D eigenvalue weighted by molar-refractivity contribution is 5.95. The Balaban J connectivity index is 2.68. The maximum atomic E-state index is 13.1. The van der Waals surface area contributed by atoms with Gasteiger partial charge in [-0.25, -0.2) is 0 Å². The standard InChI is InChI=1S/C20H13F6N5O/c1-11(2)18(32)31(17-8-15(20(24,25)26)6-4-13(17)10-28)30-29-16-7-14(19(21,22)23)5-3-12(16)9-27/h3-8,11H,1-2H3/b30-29+. The Morgan fingerprint density at radius 1 is 0.906 bits per heavy atom. The van der Waals surface area contributed by atoms with Gasteiger partial charge in [0.05, 0.1) is 27.9 Å². The van der Waals surface area contributed by atoms with E-state index in [0.29, 0.717) is 29.3 Å². The zero-order valence-corrected chi connectivity index (χ0v) is 16.5. The first kappa shape index (κ1) is 24.3. The quantitative estimate of drug-likeness (QED) is 0.316. The lowest BCUT2D eigenvalue weighted by molar-refractivity contribution is -0.138. The van der Waals surface area contributed by atoms with Crippen molar-refractivity contribution in [2.24, 2.45) is 16.3 Å². The van der Waals surface area contributed by atoms with E-state index in [9.17, 15) is 36.4 Å². The molecule has 0 bridgehead atoms. The summed E-state index contributed by atoms with van der Waals surface area (Å²) in [5, 5.41) is 25.8. The summed E-state index contributed by atoms with van der Waals surface area (Å²) in [6.45, 7) is 2.80. The maximum absolute atomic E-state index is 13.1. The molecule has 0 saturated carbocycles. The summed E-state index contributed by atoms with van der Waals surface area (Å²) in [6.07, 6.45) is -9.57. The van der Waals surface area contributed by atoms with Crippen molar-refractivity contribution in [1.29, 1.82) is 10.5 Å². The second kappa shape index (κ2) is 9.06. The molecule has 12 heteroatoms. The number of carbonyl (C=O) groups excluding carboxylic acids is 1. The molecule has 6 nitrogen and oxygen atoms in total. The van der Waals surface area contributed by atoms with Crippen LogP contribution < -0.4 is 5.01 Å². The van der Waals surface area contributed by atoms with Crippen LogP contribution >= 0.6 is 0 Å². The van der Waals surface area contributed by atoms with Crippen LogP contribution in [0.25, 0.3) is 0 Å². The first-order valence-corrected chi connectivity index (χ1v) is 8.78. The first-order valence-electron chi connectivity index (χ1n) is 8.78. The van der Waals surface area contributed by atoms with E-state index in [4.69, 9.17) is 5.26 Å². The number of halogens is 6. The van der Waals surface area contributed by atoms with E-state index in [2.05, 4.69) is 10.3 Å². The van der Waals surface area contributed by atoms with Gasteiger partial charge in [0.2, 0.25) is 0 Å². The van der Waals surface area contributed by atoms with Gasteiger partial charge in [-0.1, -0.05) is 19.1 Å². The van der Waals surface area contributed by atoms with Crippen molar-refractivity contribution >= 4 is 17.3 Å². The van der Waals surface area contributed by atoms with E-state index in [0.717, 1.165) is 12.1 Å². The molecule has 0 unspecified atom stereocenters. The summed E-state index contributed by atoms with van der Waals surface area (Å²) < 4.78 is 78.4. The van der Waals surface area contributed by atoms with Crippen LogP contribution in [0.15, 0.2) is 46.7 Å². The van der Waals surface area contributed by atoms with Gasteiger partial charge in [-0.05, 0) is 36.4 Å². The fourth-order valence-corrected chi connectivity index (χ4v) is 2.41. The smallest absolute Gasteiger partial charge is 0.272 e. The summed E-state index contributed by atoms with van der Waals surface area (Å²) in [7, 11) is 0. The SMILES string of the molecule is CC(C)C(=O)N(/N=N/c1cc(C(F)(F)F)ccc1C#N)c1cc(C(F)(F)F)ccc1C#N. The molecule has 0 N–H and O–H groups in total. The van der Waals surface area contributed by atoms with Gasteiger partial charge >= 0.3 is 12.4 Å². The van der Waals surface area contributed by atoms with Gasteiger partial charge < -0.3 is 0 Å². The molecule has 166 valence electrons. The number of rotatable bonds is 4. The summed E-state index contributed by atoms with van der Waals surface area (Å²) in [5.41, 5.74) is -4.12. The molecule has 0 aliphatic heterocycles. The van der Waals surface area contributed by atoms with Crippen molar-refractivity contribution in [3.05, 3.63) is 58.7 Å². The lowest BCUT2D eigenvalue weighted by Gasteiger charge is -2.20. The molecular weight excluding hydrogens is 440 g/mol. The van der Waals surface area contributed by atoms with Gasteiger partial charge in [0.15, 0.2) is 0 Å². The maximum Gasteiger partial charge on any atom is 0.416 e. The molecule has 1 amide bonds. The molecule has 32 heavy (non-hydrogen) atoms. The second-order valence-corrected chi connectivity index (χ2v) is 6.68. The zero-order valence-electron chi connectivity index (χ0n) is 16.5. The number of alkyl halides is 6. The van der Waals surface area contributed by atoms with Gasteiger partial charge in [-0.3, -0.25) is 4.79 Å². The zero-order chi connectivity index (χ0) is 24.3. The minimum atomic E-state index is -4.80. The highest BCUT2D eigenvalue weighted by Gasteiger charge is 2.33. The topological polar surface area (TPSA) is 92.6 Å². The van der Waals surface area contributed by atoms with Crippen LogP contribution in [0.3, 0.4) is 0 Å². The molecule has 0 heterocycles. The third-order valence-electron chi connectivity index (χ3n) is 4.06. The Bertz CT molecular complexity index is 1140. The Morgan fingerprint density at radius 2 is 1.41 bits per heavy atom. The van der Waals surface area contributed by atoms with Gasteiger partial charge in [-0.15, -0.1) is 5.11 Å². The number of amides is 1. The van der Waals surface area contributed by atoms with E-state index in [1.54, 1.807) is 12.1 Å². The van der Waals surface area contributed by atoms with Crippen LogP contribution in [0.1, 0.15) is 36.1 Å². The van der Waals surface area contributed by atoms with Gasteiger partial charge in [0, 0.05) is 5.92 Å². The molecule has 0 spiro atoms. The van der Waals surface area contributed by atoms with Crippen molar-refractivity contribution < 1.29 is 31.1 Å². The number of benzene rings is 2. The third kappa shape index (κ3) is 5.40. The molecule has 2 rings (SSSR count). The summed E-state index contributed by atoms with van der Waals surface area (Å²) in [4.78, 5) is 12.6. The molecule has 2 aromatic rings. The molecular formula is C20H13F6N5O. The van der Waals surface area contributed by atoms with Crippen molar-refractivity contribution in [2.45, 2.75) is 26.2 Å². The summed E-state index contributed by atoms with van der Waals surface area (Å²) in [6, 6.07) is 7.23. The fourth-order valence-electron chi connectivity index (χ4n) is 2.41. The van der Waals surface area contributed by atoms with E-state index < -0.39 is 46.7 Å². The van der Waals surface area contributed by atoms with Crippen LogP contribution in [-0.2, 0) is 17.1 Å². The normalized spacial score (nSPS) is 12.0. The third-order valence-corrected chi connectivity index (χ3v) is 4.06.